The second-order valence-corrected chi connectivity index (χ2v) is 6.47. The number of anilines is 1. The fraction of sp³-hybridized carbons (Fsp3) is 0.200. The van der Waals surface area contributed by atoms with E-state index < -0.39 is 0 Å². The maximum Gasteiger partial charge on any atom is 0.209 e. The van der Waals surface area contributed by atoms with Crippen LogP contribution >= 0.6 is 43.2 Å². The molecule has 1 heterocycles. The van der Waals surface area contributed by atoms with Crippen molar-refractivity contribution >= 4 is 48.3 Å². The third-order valence-corrected chi connectivity index (χ3v) is 3.99. The maximum absolute atomic E-state index is 4.07. The summed E-state index contributed by atoms with van der Waals surface area (Å²) in [5, 5.41) is 8.91. The van der Waals surface area contributed by atoms with Gasteiger partial charge < -0.3 is 4.90 Å². The standard InChI is InChI=1S/C10H9Br2N3S/c1-15(10-14-13-9(12)16-10)6-7-3-2-4-8(11)5-7/h2-5H,6H2,1H3. The Kier molecular flexibility index (Phi) is 3.94. The Balaban J connectivity index is 2.10. The van der Waals surface area contributed by atoms with Crippen molar-refractivity contribution in [3.8, 4) is 0 Å². The van der Waals surface area contributed by atoms with Gasteiger partial charge in [0.2, 0.25) is 5.13 Å². The van der Waals surface area contributed by atoms with Gasteiger partial charge in [-0.25, -0.2) is 0 Å². The second kappa shape index (κ2) is 5.25. The van der Waals surface area contributed by atoms with E-state index in [2.05, 4.69) is 59.1 Å². The van der Waals surface area contributed by atoms with Gasteiger partial charge in [0.1, 0.15) is 0 Å². The highest BCUT2D eigenvalue weighted by Gasteiger charge is 2.07. The van der Waals surface area contributed by atoms with E-state index in [4.69, 9.17) is 0 Å². The van der Waals surface area contributed by atoms with Crippen molar-refractivity contribution in [1.82, 2.24) is 10.2 Å². The first-order valence-corrected chi connectivity index (χ1v) is 7.00. The van der Waals surface area contributed by atoms with Crippen molar-refractivity contribution in [3.63, 3.8) is 0 Å². The van der Waals surface area contributed by atoms with E-state index in [1.54, 1.807) is 0 Å². The molecule has 0 atom stereocenters. The van der Waals surface area contributed by atoms with Crippen molar-refractivity contribution in [3.05, 3.63) is 38.2 Å². The normalized spacial score (nSPS) is 10.4. The molecule has 0 radical (unpaired) electrons. The number of aromatic nitrogens is 2. The Morgan fingerprint density at radius 1 is 1.31 bits per heavy atom. The molecule has 0 aliphatic carbocycles. The molecular weight excluding hydrogens is 354 g/mol. The van der Waals surface area contributed by atoms with Crippen LogP contribution in [0.4, 0.5) is 5.13 Å². The molecule has 0 aliphatic heterocycles. The molecule has 6 heteroatoms. The quantitative estimate of drug-likeness (QED) is 0.833. The van der Waals surface area contributed by atoms with Gasteiger partial charge >= 0.3 is 0 Å². The van der Waals surface area contributed by atoms with Crippen LogP contribution in [-0.4, -0.2) is 17.2 Å². The predicted octanol–water partition coefficient (Wildman–Crippen LogP) is 3.70. The van der Waals surface area contributed by atoms with Gasteiger partial charge in [0.05, 0.1) is 0 Å². The fourth-order valence-corrected chi connectivity index (χ4v) is 2.82. The van der Waals surface area contributed by atoms with E-state index in [0.29, 0.717) is 0 Å². The molecule has 0 aliphatic rings. The highest BCUT2D eigenvalue weighted by Crippen LogP contribution is 2.24. The number of hydrogen-bond acceptors (Lipinski definition) is 4. The summed E-state index contributed by atoms with van der Waals surface area (Å²) in [6.45, 7) is 0.821. The third kappa shape index (κ3) is 3.02. The molecule has 0 fully saturated rings. The highest BCUT2D eigenvalue weighted by molar-refractivity contribution is 9.11. The molecule has 2 aromatic rings. The van der Waals surface area contributed by atoms with Gasteiger partial charge in [0.25, 0.3) is 0 Å². The summed E-state index contributed by atoms with van der Waals surface area (Å²) in [7, 11) is 2.01. The Hall–Kier alpha value is -0.460. The number of rotatable bonds is 3. The second-order valence-electron chi connectivity index (χ2n) is 3.32. The van der Waals surface area contributed by atoms with E-state index in [0.717, 1.165) is 20.1 Å². The molecule has 3 nitrogen and oxygen atoms in total. The third-order valence-electron chi connectivity index (χ3n) is 2.02. The molecule has 0 saturated heterocycles. The molecule has 1 aromatic heterocycles. The molecular formula is C10H9Br2N3S. The average Bonchev–Trinajstić information content (AvgIpc) is 2.65. The van der Waals surface area contributed by atoms with Crippen LogP contribution in [0.3, 0.4) is 0 Å². The SMILES string of the molecule is CN(Cc1cccc(Br)c1)c1nnc(Br)s1. The smallest absolute Gasteiger partial charge is 0.209 e. The monoisotopic (exact) mass is 361 g/mol. The van der Waals surface area contributed by atoms with Crippen LogP contribution in [0.15, 0.2) is 32.7 Å². The molecule has 0 saturated carbocycles. The number of benzene rings is 1. The zero-order valence-corrected chi connectivity index (χ0v) is 12.5. The highest BCUT2D eigenvalue weighted by atomic mass is 79.9. The minimum Gasteiger partial charge on any atom is -0.345 e. The lowest BCUT2D eigenvalue weighted by atomic mass is 10.2. The fourth-order valence-electron chi connectivity index (χ4n) is 1.33. The zero-order valence-electron chi connectivity index (χ0n) is 8.52. The van der Waals surface area contributed by atoms with Crippen LogP contribution in [0.25, 0.3) is 0 Å². The largest absolute Gasteiger partial charge is 0.345 e. The first-order valence-electron chi connectivity index (χ1n) is 4.60. The van der Waals surface area contributed by atoms with Gasteiger partial charge in [0, 0.05) is 18.1 Å². The minimum absolute atomic E-state index is 0.809. The van der Waals surface area contributed by atoms with Gasteiger partial charge in [-0.1, -0.05) is 39.4 Å². The van der Waals surface area contributed by atoms with Gasteiger partial charge in [-0.05, 0) is 33.6 Å². The Labute approximate surface area is 115 Å². The summed E-state index contributed by atoms with van der Waals surface area (Å²) >= 11 is 8.30. The Morgan fingerprint density at radius 3 is 2.75 bits per heavy atom. The summed E-state index contributed by atoms with van der Waals surface area (Å²) in [6.07, 6.45) is 0. The number of hydrogen-bond donors (Lipinski definition) is 0. The van der Waals surface area contributed by atoms with Crippen molar-refractivity contribution in [2.75, 3.05) is 11.9 Å². The van der Waals surface area contributed by atoms with Gasteiger partial charge in [0.15, 0.2) is 3.92 Å². The lowest BCUT2D eigenvalue weighted by Gasteiger charge is -2.14. The van der Waals surface area contributed by atoms with E-state index in [1.165, 1.54) is 16.9 Å². The van der Waals surface area contributed by atoms with Crippen molar-refractivity contribution in [2.24, 2.45) is 0 Å². The maximum atomic E-state index is 4.07. The van der Waals surface area contributed by atoms with Crippen LogP contribution in [0, 0.1) is 0 Å². The summed E-state index contributed by atoms with van der Waals surface area (Å²) in [6, 6.07) is 8.25. The van der Waals surface area contributed by atoms with Crippen LogP contribution < -0.4 is 4.90 Å². The van der Waals surface area contributed by atoms with Crippen LogP contribution in [0.5, 0.6) is 0 Å². The summed E-state index contributed by atoms with van der Waals surface area (Å²) in [5.74, 6) is 0. The van der Waals surface area contributed by atoms with Crippen molar-refractivity contribution in [1.29, 1.82) is 0 Å². The number of halogens is 2. The molecule has 0 unspecified atom stereocenters. The van der Waals surface area contributed by atoms with Crippen LogP contribution in [0.2, 0.25) is 0 Å². The first-order chi connectivity index (χ1) is 7.65. The van der Waals surface area contributed by atoms with Crippen LogP contribution in [0.1, 0.15) is 5.56 Å². The molecule has 0 spiro atoms. The number of nitrogens with zero attached hydrogens (tertiary/aromatic N) is 3. The molecule has 1 aromatic carbocycles. The van der Waals surface area contributed by atoms with E-state index in [9.17, 15) is 0 Å². The average molecular weight is 363 g/mol. The molecule has 16 heavy (non-hydrogen) atoms. The van der Waals surface area contributed by atoms with Crippen LogP contribution in [-0.2, 0) is 6.54 Å². The van der Waals surface area contributed by atoms with Gasteiger partial charge in [-0.2, -0.15) is 0 Å². The zero-order chi connectivity index (χ0) is 11.5. The molecule has 2 rings (SSSR count). The summed E-state index contributed by atoms with van der Waals surface area (Å²) < 4.78 is 1.90. The minimum atomic E-state index is 0.809. The topological polar surface area (TPSA) is 29.0 Å². The van der Waals surface area contributed by atoms with Crippen molar-refractivity contribution in [2.45, 2.75) is 6.54 Å². The van der Waals surface area contributed by atoms with Crippen molar-refractivity contribution < 1.29 is 0 Å². The van der Waals surface area contributed by atoms with E-state index in [1.807, 2.05) is 19.2 Å². The molecule has 0 bridgehead atoms. The van der Waals surface area contributed by atoms with E-state index in [-0.39, 0.29) is 0 Å². The molecule has 0 N–H and O–H groups in total. The summed E-state index contributed by atoms with van der Waals surface area (Å²) in [4.78, 5) is 2.07. The predicted molar refractivity (Wildman–Crippen MR) is 73.9 cm³/mol. The lowest BCUT2D eigenvalue weighted by molar-refractivity contribution is 0.891. The van der Waals surface area contributed by atoms with Gasteiger partial charge in [-0.3, -0.25) is 0 Å². The molecule has 84 valence electrons. The van der Waals surface area contributed by atoms with Gasteiger partial charge in [-0.15, -0.1) is 10.2 Å². The molecule has 0 amide bonds. The summed E-state index contributed by atoms with van der Waals surface area (Å²) in [5.41, 5.74) is 1.24. The first kappa shape index (κ1) is 12.0. The Bertz CT molecular complexity index is 486. The lowest BCUT2D eigenvalue weighted by Crippen LogP contribution is -2.16. The Morgan fingerprint density at radius 2 is 2.12 bits per heavy atom. The van der Waals surface area contributed by atoms with E-state index >= 15 is 0 Å².